The molecule has 0 atom stereocenters. The van der Waals surface area contributed by atoms with E-state index in [0.29, 0.717) is 11.3 Å². The first-order valence-corrected chi connectivity index (χ1v) is 4.63. The van der Waals surface area contributed by atoms with Gasteiger partial charge in [-0.05, 0) is 32.0 Å². The standard InChI is InChI=1S/C11H15NO3/c1-11(2,14)7-15-9-5-3-4-8(6-9)10(12)13/h3-6,14H,7H2,1-2H3,(H2,12,13). The number of amides is 1. The Morgan fingerprint density at radius 2 is 2.20 bits per heavy atom. The van der Waals surface area contributed by atoms with Crippen LogP contribution in [0.3, 0.4) is 0 Å². The maximum Gasteiger partial charge on any atom is 0.248 e. The van der Waals surface area contributed by atoms with Crippen molar-refractivity contribution in [2.24, 2.45) is 5.73 Å². The molecule has 1 rings (SSSR count). The van der Waals surface area contributed by atoms with Gasteiger partial charge in [0.15, 0.2) is 0 Å². The van der Waals surface area contributed by atoms with Gasteiger partial charge in [-0.2, -0.15) is 0 Å². The van der Waals surface area contributed by atoms with Crippen molar-refractivity contribution in [2.75, 3.05) is 6.61 Å². The number of rotatable bonds is 4. The molecule has 0 bridgehead atoms. The third-order valence-corrected chi connectivity index (χ3v) is 1.71. The average molecular weight is 209 g/mol. The molecule has 0 heterocycles. The Hall–Kier alpha value is -1.55. The molecular weight excluding hydrogens is 194 g/mol. The smallest absolute Gasteiger partial charge is 0.248 e. The number of hydrogen-bond acceptors (Lipinski definition) is 3. The molecule has 1 aromatic rings. The lowest BCUT2D eigenvalue weighted by Crippen LogP contribution is -2.27. The Morgan fingerprint density at radius 3 is 2.73 bits per heavy atom. The van der Waals surface area contributed by atoms with E-state index in [1.165, 1.54) is 0 Å². The maximum absolute atomic E-state index is 10.9. The van der Waals surface area contributed by atoms with Gasteiger partial charge in [0.1, 0.15) is 12.4 Å². The number of nitrogens with two attached hydrogens (primary N) is 1. The zero-order valence-electron chi connectivity index (χ0n) is 8.86. The predicted octanol–water partition coefficient (Wildman–Crippen LogP) is 0.935. The lowest BCUT2D eigenvalue weighted by molar-refractivity contribution is 0.0285. The minimum atomic E-state index is -0.900. The first-order valence-electron chi connectivity index (χ1n) is 4.63. The first kappa shape index (κ1) is 11.5. The van der Waals surface area contributed by atoms with E-state index in [0.717, 1.165) is 0 Å². The van der Waals surface area contributed by atoms with Crippen LogP contribution in [0.15, 0.2) is 24.3 Å². The number of primary amides is 1. The maximum atomic E-state index is 10.9. The molecule has 4 heteroatoms. The molecule has 82 valence electrons. The lowest BCUT2D eigenvalue weighted by atomic mass is 10.1. The van der Waals surface area contributed by atoms with Gasteiger partial charge in [0.25, 0.3) is 0 Å². The number of benzene rings is 1. The Kier molecular flexibility index (Phi) is 3.31. The molecule has 4 nitrogen and oxygen atoms in total. The summed E-state index contributed by atoms with van der Waals surface area (Å²) in [5.41, 5.74) is 4.61. The van der Waals surface area contributed by atoms with E-state index in [1.807, 2.05) is 0 Å². The molecule has 0 aliphatic heterocycles. The molecule has 0 aliphatic rings. The van der Waals surface area contributed by atoms with E-state index >= 15 is 0 Å². The van der Waals surface area contributed by atoms with Crippen LogP contribution in [0, 0.1) is 0 Å². The summed E-state index contributed by atoms with van der Waals surface area (Å²) in [6.45, 7) is 3.45. The summed E-state index contributed by atoms with van der Waals surface area (Å²) in [6, 6.07) is 6.55. The molecule has 0 saturated heterocycles. The predicted molar refractivity (Wildman–Crippen MR) is 56.8 cm³/mol. The summed E-state index contributed by atoms with van der Waals surface area (Å²) in [6.07, 6.45) is 0. The van der Waals surface area contributed by atoms with Crippen molar-refractivity contribution in [2.45, 2.75) is 19.4 Å². The highest BCUT2D eigenvalue weighted by molar-refractivity contribution is 5.93. The minimum absolute atomic E-state index is 0.162. The highest BCUT2D eigenvalue weighted by Gasteiger charge is 2.13. The normalized spacial score (nSPS) is 11.1. The Morgan fingerprint density at radius 1 is 1.53 bits per heavy atom. The van der Waals surface area contributed by atoms with Crippen LogP contribution >= 0.6 is 0 Å². The van der Waals surface area contributed by atoms with Crippen molar-refractivity contribution < 1.29 is 14.6 Å². The molecule has 0 radical (unpaired) electrons. The van der Waals surface area contributed by atoms with E-state index < -0.39 is 11.5 Å². The second kappa shape index (κ2) is 4.31. The average Bonchev–Trinajstić information content (AvgIpc) is 2.14. The molecule has 3 N–H and O–H groups in total. The van der Waals surface area contributed by atoms with Crippen LogP contribution in [-0.4, -0.2) is 23.2 Å². The molecule has 1 aromatic carbocycles. The van der Waals surface area contributed by atoms with Gasteiger partial charge in [0.05, 0.1) is 5.60 Å². The van der Waals surface area contributed by atoms with E-state index in [4.69, 9.17) is 10.5 Å². The van der Waals surface area contributed by atoms with Gasteiger partial charge < -0.3 is 15.6 Å². The summed E-state index contributed by atoms with van der Waals surface area (Å²) in [7, 11) is 0. The lowest BCUT2D eigenvalue weighted by Gasteiger charge is -2.17. The molecule has 0 spiro atoms. The fourth-order valence-electron chi connectivity index (χ4n) is 0.999. The minimum Gasteiger partial charge on any atom is -0.491 e. The van der Waals surface area contributed by atoms with Crippen LogP contribution in [0.25, 0.3) is 0 Å². The zero-order valence-corrected chi connectivity index (χ0v) is 8.86. The Balaban J connectivity index is 2.70. The summed E-state index contributed by atoms with van der Waals surface area (Å²) in [4.78, 5) is 10.9. The molecule has 0 unspecified atom stereocenters. The van der Waals surface area contributed by atoms with Gasteiger partial charge >= 0.3 is 0 Å². The van der Waals surface area contributed by atoms with Crippen molar-refractivity contribution in [1.82, 2.24) is 0 Å². The van der Waals surface area contributed by atoms with Gasteiger partial charge in [-0.3, -0.25) is 4.79 Å². The van der Waals surface area contributed by atoms with Crippen molar-refractivity contribution in [1.29, 1.82) is 0 Å². The number of carbonyl (C=O) groups excluding carboxylic acids is 1. The van der Waals surface area contributed by atoms with E-state index in [9.17, 15) is 9.90 Å². The summed E-state index contributed by atoms with van der Waals surface area (Å²) < 4.78 is 5.30. The van der Waals surface area contributed by atoms with Gasteiger partial charge in [0.2, 0.25) is 5.91 Å². The van der Waals surface area contributed by atoms with Crippen molar-refractivity contribution >= 4 is 5.91 Å². The fraction of sp³-hybridized carbons (Fsp3) is 0.364. The van der Waals surface area contributed by atoms with E-state index in [-0.39, 0.29) is 6.61 Å². The van der Waals surface area contributed by atoms with Crippen LogP contribution < -0.4 is 10.5 Å². The van der Waals surface area contributed by atoms with Crippen LogP contribution in [0.2, 0.25) is 0 Å². The van der Waals surface area contributed by atoms with Gasteiger partial charge in [-0.15, -0.1) is 0 Å². The molecule has 0 fully saturated rings. The Bertz CT molecular complexity index is 355. The molecule has 0 aliphatic carbocycles. The highest BCUT2D eigenvalue weighted by atomic mass is 16.5. The molecular formula is C11H15NO3. The topological polar surface area (TPSA) is 72.6 Å². The zero-order chi connectivity index (χ0) is 11.5. The van der Waals surface area contributed by atoms with E-state index in [2.05, 4.69) is 0 Å². The molecule has 1 amide bonds. The van der Waals surface area contributed by atoms with Crippen molar-refractivity contribution in [3.63, 3.8) is 0 Å². The Labute approximate surface area is 88.7 Å². The summed E-state index contributed by atoms with van der Waals surface area (Å²) in [5, 5.41) is 9.44. The number of ether oxygens (including phenoxy) is 1. The second-order valence-corrected chi connectivity index (χ2v) is 3.99. The number of hydrogen-bond donors (Lipinski definition) is 2. The van der Waals surface area contributed by atoms with Crippen molar-refractivity contribution in [3.8, 4) is 5.75 Å². The van der Waals surface area contributed by atoms with Crippen LogP contribution in [-0.2, 0) is 0 Å². The second-order valence-electron chi connectivity index (χ2n) is 3.99. The quantitative estimate of drug-likeness (QED) is 0.775. The van der Waals surface area contributed by atoms with Crippen LogP contribution in [0.1, 0.15) is 24.2 Å². The fourth-order valence-corrected chi connectivity index (χ4v) is 0.999. The van der Waals surface area contributed by atoms with E-state index in [1.54, 1.807) is 38.1 Å². The highest BCUT2D eigenvalue weighted by Crippen LogP contribution is 2.14. The third-order valence-electron chi connectivity index (χ3n) is 1.71. The van der Waals surface area contributed by atoms with Gasteiger partial charge in [-0.1, -0.05) is 6.07 Å². The number of aliphatic hydroxyl groups is 1. The first-order chi connectivity index (χ1) is 6.88. The molecule has 15 heavy (non-hydrogen) atoms. The largest absolute Gasteiger partial charge is 0.491 e. The van der Waals surface area contributed by atoms with Crippen LogP contribution in [0.4, 0.5) is 0 Å². The van der Waals surface area contributed by atoms with Gasteiger partial charge in [-0.25, -0.2) is 0 Å². The summed E-state index contributed by atoms with van der Waals surface area (Å²) in [5.74, 6) is 0.0251. The van der Waals surface area contributed by atoms with Crippen molar-refractivity contribution in [3.05, 3.63) is 29.8 Å². The van der Waals surface area contributed by atoms with Crippen LogP contribution in [0.5, 0.6) is 5.75 Å². The summed E-state index contributed by atoms with van der Waals surface area (Å²) >= 11 is 0. The molecule has 0 aromatic heterocycles. The monoisotopic (exact) mass is 209 g/mol. The SMILES string of the molecule is CC(C)(O)COc1cccc(C(N)=O)c1. The third kappa shape index (κ3) is 3.99. The number of carbonyl (C=O) groups is 1. The molecule has 0 saturated carbocycles. The van der Waals surface area contributed by atoms with Gasteiger partial charge in [0, 0.05) is 5.56 Å².